The summed E-state index contributed by atoms with van der Waals surface area (Å²) in [6.07, 6.45) is 5.06. The number of nitrogens with one attached hydrogen (secondary N) is 1. The van der Waals surface area contributed by atoms with Crippen molar-refractivity contribution in [2.75, 3.05) is 23.3 Å². The smallest absolute Gasteiger partial charge is 0.298 e. The molecule has 1 aromatic carbocycles. The van der Waals surface area contributed by atoms with Crippen molar-refractivity contribution < 1.29 is 9.21 Å². The number of benzene rings is 1. The van der Waals surface area contributed by atoms with Crippen LogP contribution in [0.15, 0.2) is 45.7 Å². The number of hydrogen-bond acceptors (Lipinski definition) is 8. The molecule has 1 fully saturated rings. The van der Waals surface area contributed by atoms with Crippen molar-refractivity contribution in [3.63, 3.8) is 0 Å². The third kappa shape index (κ3) is 3.36. The van der Waals surface area contributed by atoms with Crippen LogP contribution in [0.4, 0.5) is 17.5 Å². The van der Waals surface area contributed by atoms with Gasteiger partial charge in [-0.2, -0.15) is 10.1 Å². The van der Waals surface area contributed by atoms with Gasteiger partial charge in [0.1, 0.15) is 5.52 Å². The van der Waals surface area contributed by atoms with E-state index in [1.165, 1.54) is 0 Å². The predicted molar refractivity (Wildman–Crippen MR) is 114 cm³/mol. The standard InChI is InChI=1S/C19H17BrN8O2/c1-27-9-12(5-23-27)24-18-16(17(21)29)25-14(6-22-18)10-7-28(8-10)19-26-13-3-2-11(20)4-15(13)30-19/h2-6,9-10H,7-8H2,1H3,(H2,21,29)(H,22,24). The number of nitrogens with zero attached hydrogens (tertiary/aromatic N) is 6. The Labute approximate surface area is 179 Å². The van der Waals surface area contributed by atoms with E-state index in [1.807, 2.05) is 23.1 Å². The summed E-state index contributed by atoms with van der Waals surface area (Å²) in [5.74, 6) is -0.235. The van der Waals surface area contributed by atoms with Gasteiger partial charge in [-0.1, -0.05) is 15.9 Å². The molecular formula is C19H17BrN8O2. The fourth-order valence-electron chi connectivity index (χ4n) is 3.33. The van der Waals surface area contributed by atoms with Gasteiger partial charge >= 0.3 is 0 Å². The number of carbonyl (C=O) groups excluding carboxylic acids is 1. The van der Waals surface area contributed by atoms with Crippen LogP contribution in [0, 0.1) is 0 Å². The molecule has 1 aliphatic rings. The first-order valence-corrected chi connectivity index (χ1v) is 9.99. The van der Waals surface area contributed by atoms with E-state index in [0.29, 0.717) is 36.3 Å². The molecular weight excluding hydrogens is 452 g/mol. The number of nitrogens with two attached hydrogens (primary N) is 1. The number of oxazole rings is 1. The molecule has 3 N–H and O–H groups in total. The molecule has 0 unspecified atom stereocenters. The second-order valence-corrected chi connectivity index (χ2v) is 8.01. The number of hydrogen-bond donors (Lipinski definition) is 2. The highest BCUT2D eigenvalue weighted by Crippen LogP contribution is 2.33. The molecule has 30 heavy (non-hydrogen) atoms. The molecule has 1 saturated heterocycles. The summed E-state index contributed by atoms with van der Waals surface area (Å²) in [6, 6.07) is 6.29. The van der Waals surface area contributed by atoms with Crippen molar-refractivity contribution in [1.29, 1.82) is 0 Å². The van der Waals surface area contributed by atoms with Crippen LogP contribution in [0.1, 0.15) is 22.1 Å². The lowest BCUT2D eigenvalue weighted by Gasteiger charge is -2.37. The molecule has 0 radical (unpaired) electrons. The monoisotopic (exact) mass is 468 g/mol. The van der Waals surface area contributed by atoms with Crippen molar-refractivity contribution in [1.82, 2.24) is 24.7 Å². The number of rotatable bonds is 5. The summed E-state index contributed by atoms with van der Waals surface area (Å²) in [6.45, 7) is 1.33. The largest absolute Gasteiger partial charge is 0.423 e. The van der Waals surface area contributed by atoms with Gasteiger partial charge in [0.25, 0.3) is 11.9 Å². The van der Waals surface area contributed by atoms with Crippen LogP contribution in [-0.4, -0.2) is 43.7 Å². The summed E-state index contributed by atoms with van der Waals surface area (Å²) >= 11 is 3.43. The van der Waals surface area contributed by atoms with Crippen molar-refractivity contribution in [3.8, 4) is 0 Å². The zero-order valence-corrected chi connectivity index (χ0v) is 17.5. The van der Waals surface area contributed by atoms with E-state index in [0.717, 1.165) is 15.6 Å². The molecule has 0 aliphatic carbocycles. The van der Waals surface area contributed by atoms with E-state index >= 15 is 0 Å². The van der Waals surface area contributed by atoms with Crippen LogP contribution in [0.3, 0.4) is 0 Å². The number of amides is 1. The lowest BCUT2D eigenvalue weighted by molar-refractivity contribution is 0.0995. The van der Waals surface area contributed by atoms with Crippen LogP contribution in [0.5, 0.6) is 0 Å². The van der Waals surface area contributed by atoms with Gasteiger partial charge in [-0.3, -0.25) is 9.48 Å². The van der Waals surface area contributed by atoms with E-state index in [4.69, 9.17) is 10.2 Å². The minimum Gasteiger partial charge on any atom is -0.423 e. The maximum Gasteiger partial charge on any atom is 0.298 e. The van der Waals surface area contributed by atoms with Crippen LogP contribution in [0.2, 0.25) is 0 Å². The summed E-state index contributed by atoms with van der Waals surface area (Å²) in [5, 5.41) is 7.11. The molecule has 4 aromatic rings. The minimum absolute atomic E-state index is 0.0986. The zero-order chi connectivity index (χ0) is 20.8. The molecule has 1 aliphatic heterocycles. The highest BCUT2D eigenvalue weighted by atomic mass is 79.9. The molecule has 0 saturated carbocycles. The summed E-state index contributed by atoms with van der Waals surface area (Å²) in [5.41, 5.74) is 8.56. The van der Waals surface area contributed by atoms with Gasteiger partial charge in [-0.15, -0.1) is 0 Å². The molecule has 4 heterocycles. The topological polar surface area (TPSA) is 128 Å². The molecule has 10 nitrogen and oxygen atoms in total. The van der Waals surface area contributed by atoms with Crippen molar-refractivity contribution in [3.05, 3.63) is 52.7 Å². The first-order chi connectivity index (χ1) is 14.5. The van der Waals surface area contributed by atoms with E-state index in [1.54, 1.807) is 30.3 Å². The molecule has 1 amide bonds. The van der Waals surface area contributed by atoms with Crippen LogP contribution in [-0.2, 0) is 7.05 Å². The normalized spacial score (nSPS) is 14.1. The van der Waals surface area contributed by atoms with Gasteiger partial charge in [0.15, 0.2) is 17.1 Å². The molecule has 152 valence electrons. The number of aromatic nitrogens is 5. The second kappa shape index (κ2) is 7.10. The Bertz CT molecular complexity index is 1260. The average molecular weight is 469 g/mol. The number of anilines is 3. The SMILES string of the molecule is Cn1cc(Nc2ncc(C3CN(c4nc5ccc(Br)cc5o4)C3)nc2C(N)=O)cn1. The van der Waals surface area contributed by atoms with Crippen molar-refractivity contribution >= 4 is 50.5 Å². The van der Waals surface area contributed by atoms with Crippen LogP contribution in [0.25, 0.3) is 11.1 Å². The van der Waals surface area contributed by atoms with Gasteiger partial charge in [-0.05, 0) is 18.2 Å². The van der Waals surface area contributed by atoms with E-state index in [2.05, 4.69) is 41.3 Å². The van der Waals surface area contributed by atoms with E-state index in [9.17, 15) is 4.79 Å². The Morgan fingerprint density at radius 3 is 2.87 bits per heavy atom. The Morgan fingerprint density at radius 1 is 1.30 bits per heavy atom. The van der Waals surface area contributed by atoms with Gasteiger partial charge in [0.05, 0.1) is 23.8 Å². The highest BCUT2D eigenvalue weighted by molar-refractivity contribution is 9.10. The van der Waals surface area contributed by atoms with E-state index < -0.39 is 5.91 Å². The third-order valence-electron chi connectivity index (χ3n) is 4.90. The average Bonchev–Trinajstić information content (AvgIpc) is 3.26. The fourth-order valence-corrected chi connectivity index (χ4v) is 3.67. The van der Waals surface area contributed by atoms with Crippen molar-refractivity contribution in [2.45, 2.75) is 5.92 Å². The summed E-state index contributed by atoms with van der Waals surface area (Å²) in [4.78, 5) is 27.3. The highest BCUT2D eigenvalue weighted by Gasteiger charge is 2.33. The molecule has 3 aromatic heterocycles. The Kier molecular flexibility index (Phi) is 4.39. The first kappa shape index (κ1) is 18.6. The van der Waals surface area contributed by atoms with Crippen LogP contribution >= 0.6 is 15.9 Å². The Morgan fingerprint density at radius 2 is 2.13 bits per heavy atom. The lowest BCUT2D eigenvalue weighted by Crippen LogP contribution is -2.45. The first-order valence-electron chi connectivity index (χ1n) is 9.20. The van der Waals surface area contributed by atoms with Gasteiger partial charge in [0.2, 0.25) is 0 Å². The maximum atomic E-state index is 11.9. The quantitative estimate of drug-likeness (QED) is 0.457. The summed E-state index contributed by atoms with van der Waals surface area (Å²) < 4.78 is 8.42. The molecule has 0 atom stereocenters. The maximum absolute atomic E-state index is 11.9. The summed E-state index contributed by atoms with van der Waals surface area (Å²) in [7, 11) is 1.80. The number of aryl methyl sites for hydroxylation is 1. The molecule has 0 spiro atoms. The molecule has 0 bridgehead atoms. The number of fused-ring (bicyclic) bond motifs is 1. The number of halogens is 1. The predicted octanol–water partition coefficient (Wildman–Crippen LogP) is 2.56. The van der Waals surface area contributed by atoms with Crippen molar-refractivity contribution in [2.24, 2.45) is 12.8 Å². The molecule has 5 rings (SSSR count). The second-order valence-electron chi connectivity index (χ2n) is 7.09. The van der Waals surface area contributed by atoms with Gasteiger partial charge in [0, 0.05) is 36.7 Å². The third-order valence-corrected chi connectivity index (χ3v) is 5.39. The number of primary amides is 1. The van der Waals surface area contributed by atoms with Gasteiger partial charge < -0.3 is 20.4 Å². The Balaban J connectivity index is 1.33. The number of carbonyl (C=O) groups is 1. The fraction of sp³-hybridized carbons (Fsp3) is 0.211. The lowest BCUT2D eigenvalue weighted by atomic mass is 9.97. The van der Waals surface area contributed by atoms with Gasteiger partial charge in [-0.25, -0.2) is 9.97 Å². The van der Waals surface area contributed by atoms with Crippen LogP contribution < -0.4 is 16.0 Å². The van der Waals surface area contributed by atoms with E-state index in [-0.39, 0.29) is 11.6 Å². The minimum atomic E-state index is -0.642. The molecule has 11 heteroatoms. The zero-order valence-electron chi connectivity index (χ0n) is 15.9. The Hall–Kier alpha value is -3.47.